The lowest BCUT2D eigenvalue weighted by atomic mass is 9.75. The Balaban J connectivity index is 2.07. The van der Waals surface area contributed by atoms with Gasteiger partial charge in [0.25, 0.3) is 0 Å². The molecule has 0 atom stereocenters. The summed E-state index contributed by atoms with van der Waals surface area (Å²) in [5, 5.41) is 1.82. The highest BCUT2D eigenvalue weighted by Gasteiger charge is 2.46. The van der Waals surface area contributed by atoms with E-state index in [9.17, 15) is 8.42 Å². The molecule has 3 rings (SSSR count). The largest absolute Gasteiger partial charge is 0.269 e. The number of nitrogens with zero attached hydrogens (tertiary/aromatic N) is 2. The molecule has 2 aliphatic rings. The van der Waals surface area contributed by atoms with Gasteiger partial charge in [-0.05, 0) is 24.5 Å². The highest BCUT2D eigenvalue weighted by atomic mass is 32.2. The number of para-hydroxylation sites is 1. The van der Waals surface area contributed by atoms with E-state index in [-0.39, 0.29) is 5.41 Å². The van der Waals surface area contributed by atoms with Crippen molar-refractivity contribution in [2.24, 2.45) is 5.84 Å². The molecule has 0 unspecified atom stereocenters. The van der Waals surface area contributed by atoms with Gasteiger partial charge in [-0.15, -0.1) is 0 Å². The number of fused-ring (bicyclic) bond motifs is 2. The predicted octanol–water partition coefficient (Wildman–Crippen LogP) is 0.674. The summed E-state index contributed by atoms with van der Waals surface area (Å²) in [6, 6.07) is 7.85. The number of hydrogen-bond donors (Lipinski definition) is 1. The van der Waals surface area contributed by atoms with E-state index in [2.05, 4.69) is 6.07 Å². The zero-order valence-corrected chi connectivity index (χ0v) is 11.9. The van der Waals surface area contributed by atoms with Gasteiger partial charge in [0.05, 0.1) is 11.9 Å². The molecule has 104 valence electrons. The smallest absolute Gasteiger partial charge is 0.232 e. The molecular weight excluding hydrogens is 262 g/mol. The molecule has 5 nitrogen and oxygen atoms in total. The number of piperidine rings is 1. The van der Waals surface area contributed by atoms with Gasteiger partial charge in [0.1, 0.15) is 0 Å². The number of rotatable bonds is 1. The Hall–Kier alpha value is -1.11. The Bertz CT molecular complexity index is 592. The summed E-state index contributed by atoms with van der Waals surface area (Å²) in [5.41, 5.74) is 1.94. The standard InChI is InChI=1S/C13H19N3O2S/c1-19(17,18)16-10-13(6-8-15(14)9-7-13)11-4-2-3-5-12(11)16/h2-5H,6-10,14H2,1H3. The molecule has 1 saturated heterocycles. The zero-order valence-electron chi connectivity index (χ0n) is 11.0. The third-order valence-corrected chi connectivity index (χ3v) is 5.47. The molecule has 0 radical (unpaired) electrons. The first-order valence-electron chi connectivity index (χ1n) is 6.49. The molecule has 2 heterocycles. The summed E-state index contributed by atoms with van der Waals surface area (Å²) in [4.78, 5) is 0. The molecule has 1 spiro atoms. The van der Waals surface area contributed by atoms with Crippen LogP contribution in [0.3, 0.4) is 0 Å². The highest BCUT2D eigenvalue weighted by Crippen LogP contribution is 2.47. The fourth-order valence-electron chi connectivity index (χ4n) is 3.26. The Morgan fingerprint density at radius 1 is 1.21 bits per heavy atom. The topological polar surface area (TPSA) is 66.6 Å². The van der Waals surface area contributed by atoms with Crippen LogP contribution in [0.1, 0.15) is 18.4 Å². The van der Waals surface area contributed by atoms with Crippen LogP contribution in [-0.4, -0.2) is 39.3 Å². The quantitative estimate of drug-likeness (QED) is 0.769. The second-order valence-corrected chi connectivity index (χ2v) is 7.51. The normalized spacial score (nSPS) is 22.7. The zero-order chi connectivity index (χ0) is 13.7. The van der Waals surface area contributed by atoms with E-state index < -0.39 is 10.0 Å². The highest BCUT2D eigenvalue weighted by molar-refractivity contribution is 7.92. The van der Waals surface area contributed by atoms with Crippen LogP contribution in [-0.2, 0) is 15.4 Å². The van der Waals surface area contributed by atoms with E-state index in [1.807, 2.05) is 23.2 Å². The lowest BCUT2D eigenvalue weighted by Gasteiger charge is -2.37. The summed E-state index contributed by atoms with van der Waals surface area (Å²) < 4.78 is 25.5. The third kappa shape index (κ3) is 2.04. The summed E-state index contributed by atoms with van der Waals surface area (Å²) in [6.45, 7) is 2.18. The van der Waals surface area contributed by atoms with E-state index in [0.29, 0.717) is 6.54 Å². The van der Waals surface area contributed by atoms with Gasteiger partial charge in [-0.2, -0.15) is 0 Å². The maximum absolute atomic E-state index is 12.0. The molecule has 0 aromatic heterocycles. The van der Waals surface area contributed by atoms with Crippen molar-refractivity contribution >= 4 is 15.7 Å². The first-order chi connectivity index (χ1) is 8.92. The van der Waals surface area contributed by atoms with Crippen LogP contribution >= 0.6 is 0 Å². The first kappa shape index (κ1) is 12.9. The number of sulfonamides is 1. The third-order valence-electron chi connectivity index (χ3n) is 4.35. The van der Waals surface area contributed by atoms with Crippen LogP contribution in [0.25, 0.3) is 0 Å². The molecule has 6 heteroatoms. The lowest BCUT2D eigenvalue weighted by molar-refractivity contribution is 0.170. The fourth-order valence-corrected chi connectivity index (χ4v) is 4.26. The van der Waals surface area contributed by atoms with E-state index >= 15 is 0 Å². The van der Waals surface area contributed by atoms with Gasteiger partial charge in [-0.3, -0.25) is 10.1 Å². The fraction of sp³-hybridized carbons (Fsp3) is 0.538. The van der Waals surface area contributed by atoms with Crippen molar-refractivity contribution in [2.75, 3.05) is 30.2 Å². The predicted molar refractivity (Wildman–Crippen MR) is 75.3 cm³/mol. The number of hydrogen-bond acceptors (Lipinski definition) is 4. The minimum atomic E-state index is -3.22. The average Bonchev–Trinajstić information content (AvgIpc) is 2.69. The Morgan fingerprint density at radius 3 is 2.47 bits per heavy atom. The van der Waals surface area contributed by atoms with Crippen LogP contribution in [0.2, 0.25) is 0 Å². The summed E-state index contributed by atoms with van der Waals surface area (Å²) in [7, 11) is -3.22. The molecule has 0 aliphatic carbocycles. The maximum atomic E-state index is 12.0. The van der Waals surface area contributed by atoms with Crippen LogP contribution < -0.4 is 10.1 Å². The van der Waals surface area contributed by atoms with Gasteiger partial charge < -0.3 is 0 Å². The second-order valence-electron chi connectivity index (χ2n) is 5.60. The van der Waals surface area contributed by atoms with Crippen molar-refractivity contribution in [3.8, 4) is 0 Å². The van der Waals surface area contributed by atoms with Gasteiger partial charge in [0.2, 0.25) is 10.0 Å². The lowest BCUT2D eigenvalue weighted by Crippen LogP contribution is -2.48. The SMILES string of the molecule is CS(=O)(=O)N1CC2(CCN(N)CC2)c2ccccc21. The molecule has 0 amide bonds. The Morgan fingerprint density at radius 2 is 1.84 bits per heavy atom. The average molecular weight is 281 g/mol. The van der Waals surface area contributed by atoms with E-state index in [4.69, 9.17) is 5.84 Å². The molecule has 1 fully saturated rings. The maximum Gasteiger partial charge on any atom is 0.232 e. The summed E-state index contributed by atoms with van der Waals surface area (Å²) in [6.07, 6.45) is 3.10. The number of anilines is 1. The molecular formula is C13H19N3O2S. The minimum Gasteiger partial charge on any atom is -0.269 e. The Labute approximate surface area is 114 Å². The molecule has 2 N–H and O–H groups in total. The van der Waals surface area contributed by atoms with Gasteiger partial charge in [0.15, 0.2) is 0 Å². The first-order valence-corrected chi connectivity index (χ1v) is 8.34. The number of hydrazine groups is 1. The molecule has 1 aromatic rings. The van der Waals surface area contributed by atoms with Crippen molar-refractivity contribution in [3.05, 3.63) is 29.8 Å². The van der Waals surface area contributed by atoms with Crippen molar-refractivity contribution in [3.63, 3.8) is 0 Å². The monoisotopic (exact) mass is 281 g/mol. The number of nitrogens with two attached hydrogens (primary N) is 1. The van der Waals surface area contributed by atoms with Gasteiger partial charge in [-0.25, -0.2) is 13.4 Å². The molecule has 0 bridgehead atoms. The van der Waals surface area contributed by atoms with Crippen molar-refractivity contribution in [1.82, 2.24) is 5.01 Å². The van der Waals surface area contributed by atoms with Gasteiger partial charge in [0, 0.05) is 25.0 Å². The van der Waals surface area contributed by atoms with Crippen LogP contribution in [0.5, 0.6) is 0 Å². The summed E-state index contributed by atoms with van der Waals surface area (Å²) in [5.74, 6) is 5.83. The van der Waals surface area contributed by atoms with Crippen molar-refractivity contribution in [2.45, 2.75) is 18.3 Å². The van der Waals surface area contributed by atoms with E-state index in [1.165, 1.54) is 6.26 Å². The van der Waals surface area contributed by atoms with Crippen molar-refractivity contribution in [1.29, 1.82) is 0 Å². The van der Waals surface area contributed by atoms with Gasteiger partial charge >= 0.3 is 0 Å². The van der Waals surface area contributed by atoms with Crippen LogP contribution in [0.15, 0.2) is 24.3 Å². The minimum absolute atomic E-state index is 0.0600. The number of benzene rings is 1. The van der Waals surface area contributed by atoms with Crippen LogP contribution in [0, 0.1) is 0 Å². The second kappa shape index (κ2) is 4.19. The van der Waals surface area contributed by atoms with Gasteiger partial charge in [-0.1, -0.05) is 18.2 Å². The molecule has 2 aliphatic heterocycles. The summed E-state index contributed by atoms with van der Waals surface area (Å²) >= 11 is 0. The van der Waals surface area contributed by atoms with E-state index in [1.54, 1.807) is 4.31 Å². The Kier molecular flexibility index (Phi) is 2.85. The molecule has 1 aromatic carbocycles. The van der Waals surface area contributed by atoms with Crippen LogP contribution in [0.4, 0.5) is 5.69 Å². The molecule has 0 saturated carbocycles. The van der Waals surface area contributed by atoms with Crippen molar-refractivity contribution < 1.29 is 8.42 Å². The molecule has 19 heavy (non-hydrogen) atoms. The van der Waals surface area contributed by atoms with E-state index in [0.717, 1.165) is 37.2 Å².